The van der Waals surface area contributed by atoms with Crippen molar-refractivity contribution in [2.75, 3.05) is 4.90 Å². The van der Waals surface area contributed by atoms with Crippen LogP contribution in [0.5, 0.6) is 0 Å². The van der Waals surface area contributed by atoms with Gasteiger partial charge in [0.1, 0.15) is 0 Å². The minimum atomic E-state index is -0.477. The van der Waals surface area contributed by atoms with Gasteiger partial charge >= 0.3 is 0 Å². The Balaban J connectivity index is 1.16. The highest BCUT2D eigenvalue weighted by Crippen LogP contribution is 2.59. The van der Waals surface area contributed by atoms with Gasteiger partial charge in [-0.1, -0.05) is 200 Å². The summed E-state index contributed by atoms with van der Waals surface area (Å²) in [6, 6.07) is 85.0. The van der Waals surface area contributed by atoms with Crippen LogP contribution in [0.25, 0.3) is 33.4 Å². The third-order valence-electron chi connectivity index (χ3n) is 12.8. The van der Waals surface area contributed by atoms with Crippen molar-refractivity contribution < 1.29 is 0 Å². The molecule has 1 unspecified atom stereocenters. The molecule has 0 aliphatic heterocycles. The maximum atomic E-state index is 2.46. The first kappa shape index (κ1) is 34.1. The molecular formula is C57H41N. The van der Waals surface area contributed by atoms with E-state index in [4.69, 9.17) is 0 Å². The van der Waals surface area contributed by atoms with Gasteiger partial charge in [-0.15, -0.1) is 0 Å². The van der Waals surface area contributed by atoms with E-state index in [1.165, 1.54) is 72.3 Å². The average molecular weight is 740 g/mol. The molecule has 0 aromatic heterocycles. The molecule has 1 nitrogen and oxygen atoms in total. The zero-order chi connectivity index (χ0) is 38.7. The van der Waals surface area contributed by atoms with Gasteiger partial charge < -0.3 is 4.90 Å². The van der Waals surface area contributed by atoms with Gasteiger partial charge in [-0.3, -0.25) is 0 Å². The maximum absolute atomic E-state index is 2.46. The Morgan fingerprint density at radius 1 is 0.310 bits per heavy atom. The zero-order valence-corrected chi connectivity index (χ0v) is 32.4. The monoisotopic (exact) mass is 739 g/mol. The predicted molar refractivity (Wildman–Crippen MR) is 241 cm³/mol. The van der Waals surface area contributed by atoms with Crippen molar-refractivity contribution in [2.45, 2.75) is 17.8 Å². The number of fused-ring (bicyclic) bond motifs is 6. The van der Waals surface area contributed by atoms with Crippen LogP contribution >= 0.6 is 0 Å². The van der Waals surface area contributed by atoms with Crippen molar-refractivity contribution in [3.8, 4) is 33.4 Å². The van der Waals surface area contributed by atoms with Gasteiger partial charge in [0.15, 0.2) is 0 Å². The third-order valence-corrected chi connectivity index (χ3v) is 12.8. The van der Waals surface area contributed by atoms with Crippen molar-refractivity contribution in [1.29, 1.82) is 0 Å². The lowest BCUT2D eigenvalue weighted by molar-refractivity contribution is 0.714. The molecule has 0 saturated heterocycles. The van der Waals surface area contributed by atoms with E-state index >= 15 is 0 Å². The van der Waals surface area contributed by atoms with Gasteiger partial charge in [0.05, 0.1) is 11.1 Å². The number of rotatable bonds is 7. The lowest BCUT2D eigenvalue weighted by Crippen LogP contribution is -2.28. The minimum Gasteiger partial charge on any atom is -0.310 e. The molecule has 1 atom stereocenters. The van der Waals surface area contributed by atoms with E-state index in [0.717, 1.165) is 17.1 Å². The van der Waals surface area contributed by atoms with E-state index < -0.39 is 5.41 Å². The minimum absolute atomic E-state index is 0.312. The van der Waals surface area contributed by atoms with Gasteiger partial charge in [-0.05, 0) is 104 Å². The molecule has 0 saturated carbocycles. The highest BCUT2D eigenvalue weighted by Gasteiger charge is 2.47. The molecule has 0 amide bonds. The summed E-state index contributed by atoms with van der Waals surface area (Å²) in [5, 5.41) is 0. The summed E-state index contributed by atoms with van der Waals surface area (Å²) in [5.74, 6) is 0. The number of nitrogens with zero attached hydrogens (tertiary/aromatic N) is 1. The summed E-state index contributed by atoms with van der Waals surface area (Å²) in [6.07, 6.45) is 0. The largest absolute Gasteiger partial charge is 0.310 e. The van der Waals surface area contributed by atoms with Crippen LogP contribution in [0.15, 0.2) is 231 Å². The second-order valence-corrected chi connectivity index (χ2v) is 15.7. The molecule has 58 heavy (non-hydrogen) atoms. The Morgan fingerprint density at radius 3 is 1.47 bits per heavy atom. The topological polar surface area (TPSA) is 3.24 Å². The summed E-state index contributed by atoms with van der Waals surface area (Å²) in [5.41, 5.74) is 19.3. The van der Waals surface area contributed by atoms with E-state index in [-0.39, 0.29) is 5.41 Å². The lowest BCUT2D eigenvalue weighted by atomic mass is 9.67. The van der Waals surface area contributed by atoms with Crippen LogP contribution in [-0.4, -0.2) is 0 Å². The van der Waals surface area contributed by atoms with Crippen molar-refractivity contribution in [2.24, 2.45) is 0 Å². The second kappa shape index (κ2) is 13.5. The first-order valence-electron chi connectivity index (χ1n) is 20.3. The normalized spacial score (nSPS) is 15.5. The quantitative estimate of drug-likeness (QED) is 0.157. The van der Waals surface area contributed by atoms with E-state index in [1.54, 1.807) is 0 Å². The number of benzene rings is 9. The van der Waals surface area contributed by atoms with Gasteiger partial charge in [0, 0.05) is 22.4 Å². The Morgan fingerprint density at radius 2 is 0.793 bits per heavy atom. The first-order chi connectivity index (χ1) is 28.7. The first-order valence-corrected chi connectivity index (χ1v) is 20.3. The molecule has 0 fully saturated rings. The molecule has 0 radical (unpaired) electrons. The zero-order valence-electron chi connectivity index (χ0n) is 32.4. The molecule has 2 aliphatic carbocycles. The van der Waals surface area contributed by atoms with Crippen LogP contribution in [0.4, 0.5) is 17.1 Å². The van der Waals surface area contributed by atoms with Crippen molar-refractivity contribution >= 4 is 17.1 Å². The van der Waals surface area contributed by atoms with Crippen LogP contribution in [0.1, 0.15) is 45.9 Å². The maximum Gasteiger partial charge on any atom is 0.0713 e. The van der Waals surface area contributed by atoms with E-state index in [1.807, 2.05) is 0 Å². The lowest BCUT2D eigenvalue weighted by Gasteiger charge is -2.34. The average Bonchev–Trinajstić information content (AvgIpc) is 3.75. The third kappa shape index (κ3) is 4.90. The molecule has 9 aromatic carbocycles. The van der Waals surface area contributed by atoms with Crippen molar-refractivity contribution in [1.82, 2.24) is 0 Å². The van der Waals surface area contributed by atoms with Gasteiger partial charge in [0.2, 0.25) is 0 Å². The summed E-state index contributed by atoms with van der Waals surface area (Å²) in [7, 11) is 0. The van der Waals surface area contributed by atoms with Gasteiger partial charge in [-0.2, -0.15) is 0 Å². The Labute approximate surface area is 341 Å². The summed E-state index contributed by atoms with van der Waals surface area (Å²) >= 11 is 0. The number of anilines is 3. The molecule has 0 N–H and O–H groups in total. The Hall–Kier alpha value is -7.22. The molecule has 11 rings (SSSR count). The van der Waals surface area contributed by atoms with Crippen molar-refractivity contribution in [3.05, 3.63) is 269 Å². The molecule has 0 bridgehead atoms. The number of hydrogen-bond acceptors (Lipinski definition) is 1. The standard InChI is InChI=1S/C57H41N/c1-56(40-21-6-2-7-22-40)50-33-17-14-29-45(50)46-38-37-44(39-53(46)56)58(43-27-12-5-13-28-43)54-36-19-16-30-47(54)48-32-20-35-52-55(48)49-31-15-18-34-51(49)57(52,41-23-8-3-9-24-41)42-25-10-4-11-26-42/h2-39H,1H3. The second-order valence-electron chi connectivity index (χ2n) is 15.7. The fourth-order valence-electron chi connectivity index (χ4n) is 10.3. The molecular weight excluding hydrogens is 699 g/mol. The van der Waals surface area contributed by atoms with Gasteiger partial charge in [-0.25, -0.2) is 0 Å². The van der Waals surface area contributed by atoms with Crippen LogP contribution in [0, 0.1) is 0 Å². The molecule has 1 heteroatoms. The van der Waals surface area contributed by atoms with E-state index in [9.17, 15) is 0 Å². The van der Waals surface area contributed by atoms with Crippen molar-refractivity contribution in [3.63, 3.8) is 0 Å². The van der Waals surface area contributed by atoms with E-state index in [0.29, 0.717) is 0 Å². The van der Waals surface area contributed by atoms with Crippen LogP contribution in [0.3, 0.4) is 0 Å². The van der Waals surface area contributed by atoms with Crippen LogP contribution in [0.2, 0.25) is 0 Å². The van der Waals surface area contributed by atoms with Crippen LogP contribution in [-0.2, 0) is 10.8 Å². The SMILES string of the molecule is CC1(c2ccccc2)c2ccccc2-c2ccc(N(c3ccccc3)c3ccccc3-c3cccc4c3-c3ccccc3C4(c3ccccc3)c3ccccc3)cc21. The molecule has 9 aromatic rings. The number of hydrogen-bond donors (Lipinski definition) is 0. The predicted octanol–water partition coefficient (Wildman–Crippen LogP) is 14.5. The summed E-state index contributed by atoms with van der Waals surface area (Å²) in [6.45, 7) is 2.40. The fourth-order valence-corrected chi connectivity index (χ4v) is 10.3. The highest BCUT2D eigenvalue weighted by molar-refractivity contribution is 6.00. The fraction of sp³-hybridized carbons (Fsp3) is 0.0526. The van der Waals surface area contributed by atoms with E-state index in [2.05, 4.69) is 242 Å². The molecule has 2 aliphatic rings. The highest BCUT2D eigenvalue weighted by atomic mass is 15.1. The Kier molecular flexibility index (Phi) is 7.91. The van der Waals surface area contributed by atoms with Gasteiger partial charge in [0.25, 0.3) is 0 Å². The molecule has 274 valence electrons. The molecule has 0 spiro atoms. The molecule has 0 heterocycles. The van der Waals surface area contributed by atoms with Crippen LogP contribution < -0.4 is 4.90 Å². The number of para-hydroxylation sites is 2. The Bertz CT molecular complexity index is 2910. The smallest absolute Gasteiger partial charge is 0.0713 e. The summed E-state index contributed by atoms with van der Waals surface area (Å²) < 4.78 is 0. The summed E-state index contributed by atoms with van der Waals surface area (Å²) in [4.78, 5) is 2.46.